The predicted octanol–water partition coefficient (Wildman–Crippen LogP) is 2.94. The SMILES string of the molecule is COc1cccc(OC)c1C(=O)NC(=O)Nc1c(F)cccc1F. The number of methoxy groups -OCH3 is 2. The standard InChI is InChI=1S/C16H14F2N2O4/c1-23-11-7-4-8-12(24-2)13(11)15(21)20-16(22)19-14-9(17)5-3-6-10(14)18/h3-8H,1-2H3,(H2,19,20,21,22). The summed E-state index contributed by atoms with van der Waals surface area (Å²) in [5.41, 5.74) is -0.679. The lowest BCUT2D eigenvalue weighted by Gasteiger charge is -2.13. The maximum Gasteiger partial charge on any atom is 0.326 e. The van der Waals surface area contributed by atoms with Gasteiger partial charge in [-0.2, -0.15) is 0 Å². The minimum absolute atomic E-state index is 0.0216. The first-order valence-electron chi connectivity index (χ1n) is 6.75. The smallest absolute Gasteiger partial charge is 0.326 e. The van der Waals surface area contributed by atoms with Gasteiger partial charge in [-0.05, 0) is 24.3 Å². The number of imide groups is 1. The molecule has 0 saturated heterocycles. The van der Waals surface area contributed by atoms with E-state index in [0.717, 1.165) is 18.2 Å². The lowest BCUT2D eigenvalue weighted by Crippen LogP contribution is -2.35. The molecule has 0 aliphatic heterocycles. The molecule has 0 radical (unpaired) electrons. The molecule has 2 N–H and O–H groups in total. The van der Waals surface area contributed by atoms with E-state index in [2.05, 4.69) is 0 Å². The summed E-state index contributed by atoms with van der Waals surface area (Å²) in [7, 11) is 2.70. The van der Waals surface area contributed by atoms with Crippen molar-refractivity contribution in [2.75, 3.05) is 19.5 Å². The number of halogens is 2. The van der Waals surface area contributed by atoms with Gasteiger partial charge in [-0.15, -0.1) is 0 Å². The summed E-state index contributed by atoms with van der Waals surface area (Å²) in [5.74, 6) is -2.42. The Kier molecular flexibility index (Phi) is 5.31. The van der Waals surface area contributed by atoms with Crippen LogP contribution in [0.3, 0.4) is 0 Å². The third-order valence-corrected chi connectivity index (χ3v) is 3.08. The minimum Gasteiger partial charge on any atom is -0.496 e. The monoisotopic (exact) mass is 336 g/mol. The topological polar surface area (TPSA) is 76.7 Å². The number of rotatable bonds is 4. The third kappa shape index (κ3) is 3.60. The van der Waals surface area contributed by atoms with Crippen molar-refractivity contribution in [3.8, 4) is 11.5 Å². The number of benzene rings is 2. The van der Waals surface area contributed by atoms with Gasteiger partial charge in [0.25, 0.3) is 5.91 Å². The molecule has 0 aromatic heterocycles. The van der Waals surface area contributed by atoms with Crippen LogP contribution >= 0.6 is 0 Å². The zero-order chi connectivity index (χ0) is 17.7. The number of hydrogen-bond acceptors (Lipinski definition) is 4. The number of ether oxygens (including phenoxy) is 2. The number of anilines is 1. The summed E-state index contributed by atoms with van der Waals surface area (Å²) in [6, 6.07) is 6.62. The highest BCUT2D eigenvalue weighted by Gasteiger charge is 2.21. The van der Waals surface area contributed by atoms with Gasteiger partial charge in [0, 0.05) is 0 Å². The summed E-state index contributed by atoms with van der Waals surface area (Å²) in [4.78, 5) is 24.1. The fraction of sp³-hybridized carbons (Fsp3) is 0.125. The van der Waals surface area contributed by atoms with Crippen LogP contribution in [0.5, 0.6) is 11.5 Å². The molecule has 2 rings (SSSR count). The first-order valence-corrected chi connectivity index (χ1v) is 6.75. The molecule has 0 fully saturated rings. The van der Waals surface area contributed by atoms with Crippen LogP contribution < -0.4 is 20.1 Å². The van der Waals surface area contributed by atoms with Gasteiger partial charge in [0.2, 0.25) is 0 Å². The van der Waals surface area contributed by atoms with Crippen LogP contribution in [0, 0.1) is 11.6 Å². The number of carbonyl (C=O) groups excluding carboxylic acids is 2. The molecule has 0 aliphatic rings. The summed E-state index contributed by atoms with van der Waals surface area (Å²) in [6.45, 7) is 0. The van der Waals surface area contributed by atoms with Crippen molar-refractivity contribution in [2.24, 2.45) is 0 Å². The van der Waals surface area contributed by atoms with Crippen molar-refractivity contribution in [2.45, 2.75) is 0 Å². The number of para-hydroxylation sites is 1. The predicted molar refractivity (Wildman–Crippen MR) is 82.4 cm³/mol. The van der Waals surface area contributed by atoms with E-state index in [1.54, 1.807) is 6.07 Å². The van der Waals surface area contributed by atoms with Crippen molar-refractivity contribution >= 4 is 17.6 Å². The van der Waals surface area contributed by atoms with E-state index < -0.39 is 29.3 Å². The van der Waals surface area contributed by atoms with Crippen molar-refractivity contribution in [1.82, 2.24) is 5.32 Å². The average molecular weight is 336 g/mol. The molecular formula is C16H14F2N2O4. The maximum atomic E-state index is 13.5. The summed E-state index contributed by atoms with van der Waals surface area (Å²) < 4.78 is 37.1. The Balaban J connectivity index is 2.20. The Bertz CT molecular complexity index is 738. The van der Waals surface area contributed by atoms with Gasteiger partial charge < -0.3 is 14.8 Å². The van der Waals surface area contributed by atoms with E-state index in [9.17, 15) is 18.4 Å². The fourth-order valence-corrected chi connectivity index (χ4v) is 2.00. The molecule has 0 aliphatic carbocycles. The quantitative estimate of drug-likeness (QED) is 0.900. The molecule has 0 heterocycles. The zero-order valence-electron chi connectivity index (χ0n) is 12.9. The second-order valence-electron chi connectivity index (χ2n) is 4.54. The first-order chi connectivity index (χ1) is 11.5. The number of carbonyl (C=O) groups is 2. The first kappa shape index (κ1) is 17.2. The Morgan fingerprint density at radius 1 is 0.917 bits per heavy atom. The van der Waals surface area contributed by atoms with Gasteiger partial charge in [-0.3, -0.25) is 10.1 Å². The number of nitrogens with one attached hydrogen (secondary N) is 2. The van der Waals surface area contributed by atoms with Gasteiger partial charge in [0.15, 0.2) is 0 Å². The van der Waals surface area contributed by atoms with E-state index in [-0.39, 0.29) is 17.1 Å². The Morgan fingerprint density at radius 2 is 1.42 bits per heavy atom. The van der Waals surface area contributed by atoms with Crippen LogP contribution in [-0.4, -0.2) is 26.2 Å². The minimum atomic E-state index is -1.10. The molecule has 6 nitrogen and oxygen atoms in total. The molecule has 0 bridgehead atoms. The van der Waals surface area contributed by atoms with E-state index in [1.165, 1.54) is 26.4 Å². The average Bonchev–Trinajstić information content (AvgIpc) is 2.57. The Hall–Kier alpha value is -3.16. The Morgan fingerprint density at radius 3 is 1.92 bits per heavy atom. The molecular weight excluding hydrogens is 322 g/mol. The number of hydrogen-bond donors (Lipinski definition) is 2. The summed E-state index contributed by atoms with van der Waals surface area (Å²) in [5, 5.41) is 3.92. The molecule has 0 saturated carbocycles. The molecule has 8 heteroatoms. The van der Waals surface area contributed by atoms with E-state index in [1.807, 2.05) is 10.6 Å². The zero-order valence-corrected chi connectivity index (χ0v) is 12.9. The summed E-state index contributed by atoms with van der Waals surface area (Å²) >= 11 is 0. The van der Waals surface area contributed by atoms with Gasteiger partial charge in [-0.1, -0.05) is 12.1 Å². The molecule has 0 spiro atoms. The molecule has 2 aromatic rings. The van der Waals surface area contributed by atoms with Crippen molar-refractivity contribution in [1.29, 1.82) is 0 Å². The summed E-state index contributed by atoms with van der Waals surface area (Å²) in [6.07, 6.45) is 0. The highest BCUT2D eigenvalue weighted by atomic mass is 19.1. The van der Waals surface area contributed by atoms with Crippen molar-refractivity contribution in [3.05, 3.63) is 53.6 Å². The second-order valence-corrected chi connectivity index (χ2v) is 4.54. The van der Waals surface area contributed by atoms with Crippen LogP contribution in [0.2, 0.25) is 0 Å². The van der Waals surface area contributed by atoms with Crippen LogP contribution in [0.1, 0.15) is 10.4 Å². The molecule has 0 unspecified atom stereocenters. The normalized spacial score (nSPS) is 10.0. The molecule has 2 aromatic carbocycles. The number of amides is 3. The van der Waals surface area contributed by atoms with Crippen LogP contribution in [0.15, 0.2) is 36.4 Å². The fourth-order valence-electron chi connectivity index (χ4n) is 2.00. The van der Waals surface area contributed by atoms with Crippen molar-refractivity contribution < 1.29 is 27.8 Å². The van der Waals surface area contributed by atoms with Crippen LogP contribution in [-0.2, 0) is 0 Å². The molecule has 3 amide bonds. The highest BCUT2D eigenvalue weighted by Crippen LogP contribution is 2.28. The lowest BCUT2D eigenvalue weighted by molar-refractivity contribution is 0.0961. The van der Waals surface area contributed by atoms with Gasteiger partial charge >= 0.3 is 6.03 Å². The maximum absolute atomic E-state index is 13.5. The van der Waals surface area contributed by atoms with Crippen molar-refractivity contribution in [3.63, 3.8) is 0 Å². The van der Waals surface area contributed by atoms with Crippen LogP contribution in [0.25, 0.3) is 0 Å². The molecule has 126 valence electrons. The van der Waals surface area contributed by atoms with Gasteiger partial charge in [-0.25, -0.2) is 13.6 Å². The van der Waals surface area contributed by atoms with Crippen LogP contribution in [0.4, 0.5) is 19.3 Å². The second kappa shape index (κ2) is 7.40. The van der Waals surface area contributed by atoms with E-state index >= 15 is 0 Å². The molecule has 24 heavy (non-hydrogen) atoms. The Labute approximate surface area is 136 Å². The highest BCUT2D eigenvalue weighted by molar-refractivity contribution is 6.10. The third-order valence-electron chi connectivity index (χ3n) is 3.08. The lowest BCUT2D eigenvalue weighted by atomic mass is 10.1. The molecule has 0 atom stereocenters. The number of urea groups is 1. The van der Waals surface area contributed by atoms with Gasteiger partial charge in [0.05, 0.1) is 14.2 Å². The largest absolute Gasteiger partial charge is 0.496 e. The van der Waals surface area contributed by atoms with E-state index in [0.29, 0.717) is 0 Å². The van der Waals surface area contributed by atoms with E-state index in [4.69, 9.17) is 9.47 Å². The van der Waals surface area contributed by atoms with Gasteiger partial charge in [0.1, 0.15) is 34.4 Å².